The number of hydrogen-bond donors (Lipinski definition) is 3. The van der Waals surface area contributed by atoms with Crippen LogP contribution >= 0.6 is 11.8 Å². The lowest BCUT2D eigenvalue weighted by Gasteiger charge is -2.15. The number of amides is 2. The molecular formula is C9H18N2O3S. The number of carboxylic acid groups (broad SMARTS) is 1. The molecule has 0 aliphatic rings. The van der Waals surface area contributed by atoms with Gasteiger partial charge in [-0.25, -0.2) is 4.79 Å². The molecule has 0 rings (SSSR count). The van der Waals surface area contributed by atoms with E-state index in [4.69, 9.17) is 5.11 Å². The Kier molecular flexibility index (Phi) is 6.94. The monoisotopic (exact) mass is 234 g/mol. The van der Waals surface area contributed by atoms with Crippen molar-refractivity contribution in [2.45, 2.75) is 32.4 Å². The predicted octanol–water partition coefficient (Wildman–Crippen LogP) is 0.900. The van der Waals surface area contributed by atoms with Gasteiger partial charge in [0, 0.05) is 6.04 Å². The highest BCUT2D eigenvalue weighted by Crippen LogP contribution is 1.99. The van der Waals surface area contributed by atoms with Crippen LogP contribution in [0.4, 0.5) is 4.79 Å². The van der Waals surface area contributed by atoms with Gasteiger partial charge in [-0.3, -0.25) is 4.79 Å². The molecule has 0 aliphatic heterocycles. The molecule has 3 N–H and O–H groups in total. The lowest BCUT2D eigenvalue weighted by molar-refractivity contribution is -0.138. The van der Waals surface area contributed by atoms with Gasteiger partial charge in [0.2, 0.25) is 0 Å². The lowest BCUT2D eigenvalue weighted by Crippen LogP contribution is -2.47. The Balaban J connectivity index is 3.77. The number of nitrogens with one attached hydrogen (secondary N) is 2. The van der Waals surface area contributed by atoms with Crippen LogP contribution in [0, 0.1) is 0 Å². The number of carbonyl (C=O) groups is 2. The van der Waals surface area contributed by atoms with E-state index < -0.39 is 18.0 Å². The van der Waals surface area contributed by atoms with Crippen molar-refractivity contribution in [2.24, 2.45) is 0 Å². The summed E-state index contributed by atoms with van der Waals surface area (Å²) in [6, 6.07) is -1.24. The molecule has 0 aromatic rings. The summed E-state index contributed by atoms with van der Waals surface area (Å²) in [4.78, 5) is 21.7. The van der Waals surface area contributed by atoms with Crippen LogP contribution in [0.2, 0.25) is 0 Å². The van der Waals surface area contributed by atoms with E-state index in [2.05, 4.69) is 10.6 Å². The van der Waals surface area contributed by atoms with E-state index in [0.717, 1.165) is 12.2 Å². The van der Waals surface area contributed by atoms with Gasteiger partial charge in [-0.15, -0.1) is 0 Å². The third-order valence-electron chi connectivity index (χ3n) is 1.85. The average molecular weight is 234 g/mol. The molecule has 0 heterocycles. The van der Waals surface area contributed by atoms with Crippen molar-refractivity contribution in [1.82, 2.24) is 10.6 Å². The molecule has 2 atom stereocenters. The maximum atomic E-state index is 11.2. The van der Waals surface area contributed by atoms with Gasteiger partial charge in [0.1, 0.15) is 6.04 Å². The highest BCUT2D eigenvalue weighted by Gasteiger charge is 2.14. The second kappa shape index (κ2) is 7.39. The van der Waals surface area contributed by atoms with E-state index >= 15 is 0 Å². The Hall–Kier alpha value is -0.910. The van der Waals surface area contributed by atoms with Crippen LogP contribution < -0.4 is 10.6 Å². The Morgan fingerprint density at radius 3 is 2.40 bits per heavy atom. The normalized spacial score (nSPS) is 14.1. The Labute approximate surface area is 94.0 Å². The van der Waals surface area contributed by atoms with Crippen LogP contribution in [0.3, 0.4) is 0 Å². The number of carboxylic acids is 1. The number of urea groups is 1. The molecule has 0 aromatic carbocycles. The first kappa shape index (κ1) is 14.1. The molecule has 0 saturated heterocycles. The van der Waals surface area contributed by atoms with Crippen LogP contribution in [-0.2, 0) is 4.79 Å². The van der Waals surface area contributed by atoms with Gasteiger partial charge >= 0.3 is 12.0 Å². The molecule has 0 aliphatic carbocycles. The van der Waals surface area contributed by atoms with Crippen molar-refractivity contribution < 1.29 is 14.7 Å². The summed E-state index contributed by atoms with van der Waals surface area (Å²) in [5.41, 5.74) is 0. The Morgan fingerprint density at radius 2 is 1.93 bits per heavy atom. The zero-order valence-corrected chi connectivity index (χ0v) is 10.1. The van der Waals surface area contributed by atoms with Crippen molar-refractivity contribution in [1.29, 1.82) is 0 Å². The van der Waals surface area contributed by atoms with E-state index in [1.54, 1.807) is 11.8 Å². The molecule has 5 nitrogen and oxygen atoms in total. The quantitative estimate of drug-likeness (QED) is 0.638. The molecular weight excluding hydrogens is 216 g/mol. The highest BCUT2D eigenvalue weighted by molar-refractivity contribution is 7.98. The van der Waals surface area contributed by atoms with E-state index in [1.807, 2.05) is 13.2 Å². The first-order valence-corrected chi connectivity index (χ1v) is 6.15. The van der Waals surface area contributed by atoms with Gasteiger partial charge in [0.15, 0.2) is 0 Å². The number of thioether (sulfide) groups is 1. The summed E-state index contributed by atoms with van der Waals surface area (Å²) in [5.74, 6) is -0.0717. The van der Waals surface area contributed by atoms with Crippen LogP contribution in [0.15, 0.2) is 0 Å². The highest BCUT2D eigenvalue weighted by atomic mass is 32.2. The second-order valence-corrected chi connectivity index (χ2v) is 4.35. The van der Waals surface area contributed by atoms with Crippen molar-refractivity contribution in [2.75, 3.05) is 12.0 Å². The summed E-state index contributed by atoms with van der Waals surface area (Å²) < 4.78 is 0. The summed E-state index contributed by atoms with van der Waals surface area (Å²) >= 11 is 1.71. The standard InChI is InChI=1S/C9H18N2O3S/c1-6(4-5-15-3)10-9(14)11-7(2)8(12)13/h6-7H,4-5H2,1-3H3,(H,12,13)(H2,10,11,14)/t6?,7-/m0/s1. The third kappa shape index (κ3) is 7.07. The summed E-state index contributed by atoms with van der Waals surface area (Å²) in [6.07, 6.45) is 2.87. The molecule has 0 fully saturated rings. The maximum Gasteiger partial charge on any atom is 0.325 e. The third-order valence-corrected chi connectivity index (χ3v) is 2.49. The van der Waals surface area contributed by atoms with Crippen LogP contribution in [0.1, 0.15) is 20.3 Å². The molecule has 2 amide bonds. The smallest absolute Gasteiger partial charge is 0.325 e. The number of rotatable bonds is 6. The van der Waals surface area contributed by atoms with E-state index in [0.29, 0.717) is 0 Å². The average Bonchev–Trinajstić information content (AvgIpc) is 2.14. The minimum atomic E-state index is -1.04. The molecule has 15 heavy (non-hydrogen) atoms. The Bertz CT molecular complexity index is 223. The van der Waals surface area contributed by atoms with Crippen molar-refractivity contribution >= 4 is 23.8 Å². The molecule has 1 unspecified atom stereocenters. The van der Waals surface area contributed by atoms with Gasteiger partial charge in [-0.05, 0) is 32.3 Å². The predicted molar refractivity (Wildman–Crippen MR) is 61.2 cm³/mol. The first-order chi connectivity index (χ1) is 6.97. The zero-order chi connectivity index (χ0) is 11.8. The molecule has 0 spiro atoms. The van der Waals surface area contributed by atoms with Gasteiger partial charge in [-0.1, -0.05) is 0 Å². The SMILES string of the molecule is CSCCC(C)NC(=O)N[C@@H](C)C(=O)O. The zero-order valence-electron chi connectivity index (χ0n) is 9.24. The first-order valence-electron chi connectivity index (χ1n) is 4.76. The van der Waals surface area contributed by atoms with Crippen molar-refractivity contribution in [3.05, 3.63) is 0 Å². The largest absolute Gasteiger partial charge is 0.480 e. The van der Waals surface area contributed by atoms with Crippen LogP contribution in [0.25, 0.3) is 0 Å². The van der Waals surface area contributed by atoms with E-state index in [9.17, 15) is 9.59 Å². The fourth-order valence-electron chi connectivity index (χ4n) is 0.891. The lowest BCUT2D eigenvalue weighted by atomic mass is 10.2. The molecule has 6 heteroatoms. The van der Waals surface area contributed by atoms with Gasteiger partial charge in [-0.2, -0.15) is 11.8 Å². The minimum absolute atomic E-state index is 0.0541. The molecule has 0 saturated carbocycles. The fourth-order valence-corrected chi connectivity index (χ4v) is 1.48. The fraction of sp³-hybridized carbons (Fsp3) is 0.778. The second-order valence-electron chi connectivity index (χ2n) is 3.36. The van der Waals surface area contributed by atoms with Gasteiger partial charge in [0.25, 0.3) is 0 Å². The molecule has 88 valence electrons. The number of hydrogen-bond acceptors (Lipinski definition) is 3. The van der Waals surface area contributed by atoms with Crippen molar-refractivity contribution in [3.63, 3.8) is 0 Å². The van der Waals surface area contributed by atoms with E-state index in [1.165, 1.54) is 6.92 Å². The topological polar surface area (TPSA) is 78.4 Å². The maximum absolute atomic E-state index is 11.2. The van der Waals surface area contributed by atoms with Crippen LogP contribution in [0.5, 0.6) is 0 Å². The van der Waals surface area contributed by atoms with E-state index in [-0.39, 0.29) is 6.04 Å². The molecule has 0 bridgehead atoms. The Morgan fingerprint density at radius 1 is 1.33 bits per heavy atom. The van der Waals surface area contributed by atoms with Gasteiger partial charge < -0.3 is 15.7 Å². The molecule has 0 aromatic heterocycles. The van der Waals surface area contributed by atoms with Crippen LogP contribution in [-0.4, -0.2) is 41.2 Å². The van der Waals surface area contributed by atoms with Gasteiger partial charge in [0.05, 0.1) is 0 Å². The molecule has 0 radical (unpaired) electrons. The number of aliphatic carboxylic acids is 1. The number of carbonyl (C=O) groups excluding carboxylic acids is 1. The summed E-state index contributed by atoms with van der Waals surface area (Å²) in [5, 5.41) is 13.6. The summed E-state index contributed by atoms with van der Waals surface area (Å²) in [7, 11) is 0. The van der Waals surface area contributed by atoms with Crippen molar-refractivity contribution in [3.8, 4) is 0 Å². The minimum Gasteiger partial charge on any atom is -0.480 e. The summed E-state index contributed by atoms with van der Waals surface area (Å²) in [6.45, 7) is 3.32.